The van der Waals surface area contributed by atoms with E-state index < -0.39 is 0 Å². The molecule has 0 heterocycles. The maximum Gasteiger partial charge on any atom is -0.00248 e. The van der Waals surface area contributed by atoms with Crippen LogP contribution < -0.4 is 0 Å². The highest BCUT2D eigenvalue weighted by atomic mass is 15.0. The molecule has 1 heteroatoms. The summed E-state index contributed by atoms with van der Waals surface area (Å²) in [7, 11) is 4.27. The second-order valence-electron chi connectivity index (χ2n) is 4.10. The molecule has 0 aliphatic carbocycles. The van der Waals surface area contributed by atoms with Crippen LogP contribution in [0.5, 0.6) is 0 Å². The molecule has 0 spiro atoms. The molecule has 0 aliphatic rings. The van der Waals surface area contributed by atoms with Gasteiger partial charge in [-0.2, -0.15) is 0 Å². The lowest BCUT2D eigenvalue weighted by molar-refractivity contribution is 0.391. The molecule has 0 unspecified atom stereocenters. The first kappa shape index (κ1) is 11.3. The van der Waals surface area contributed by atoms with Gasteiger partial charge in [0.05, 0.1) is 0 Å². The third kappa shape index (κ3) is 5.03. The first-order valence-corrected chi connectivity index (χ1v) is 5.47. The molecule has 0 N–H and O–H groups in total. The average Bonchev–Trinajstić information content (AvgIpc) is 2.18. The number of benzene rings is 1. The van der Waals surface area contributed by atoms with E-state index in [0.29, 0.717) is 0 Å². The Balaban J connectivity index is 2.05. The Labute approximate surface area is 87.7 Å². The molecule has 0 aromatic heterocycles. The van der Waals surface area contributed by atoms with E-state index >= 15 is 0 Å². The minimum atomic E-state index is 1.22. The van der Waals surface area contributed by atoms with Gasteiger partial charge < -0.3 is 4.90 Å². The second-order valence-corrected chi connectivity index (χ2v) is 4.10. The van der Waals surface area contributed by atoms with Gasteiger partial charge in [-0.15, -0.1) is 0 Å². The topological polar surface area (TPSA) is 3.24 Å². The number of rotatable bonds is 6. The van der Waals surface area contributed by atoms with Gasteiger partial charge in [0.2, 0.25) is 0 Å². The molecule has 0 radical (unpaired) electrons. The highest BCUT2D eigenvalue weighted by molar-refractivity contribution is 5.14. The quantitative estimate of drug-likeness (QED) is 0.625. The summed E-state index contributed by atoms with van der Waals surface area (Å²) in [6.07, 6.45) is 5.21. The van der Waals surface area contributed by atoms with Crippen LogP contribution >= 0.6 is 0 Å². The van der Waals surface area contributed by atoms with Crippen molar-refractivity contribution >= 4 is 0 Å². The molecule has 0 aliphatic heterocycles. The van der Waals surface area contributed by atoms with Crippen molar-refractivity contribution in [1.29, 1.82) is 0 Å². The first-order chi connectivity index (χ1) is 6.79. The van der Waals surface area contributed by atoms with E-state index in [9.17, 15) is 0 Å². The van der Waals surface area contributed by atoms with Crippen LogP contribution in [0.4, 0.5) is 0 Å². The van der Waals surface area contributed by atoms with Crippen molar-refractivity contribution < 1.29 is 0 Å². The summed E-state index contributed by atoms with van der Waals surface area (Å²) in [5.74, 6) is 0. The van der Waals surface area contributed by atoms with Gasteiger partial charge in [0.15, 0.2) is 0 Å². The van der Waals surface area contributed by atoms with Crippen LogP contribution in [0.15, 0.2) is 30.3 Å². The average molecular weight is 191 g/mol. The molecule has 1 rings (SSSR count). The molecule has 1 aromatic rings. The molecular formula is C13H21N. The fourth-order valence-electron chi connectivity index (χ4n) is 1.58. The Morgan fingerprint density at radius 2 is 1.64 bits per heavy atom. The van der Waals surface area contributed by atoms with Crippen molar-refractivity contribution in [3.63, 3.8) is 0 Å². The summed E-state index contributed by atoms with van der Waals surface area (Å²) in [6, 6.07) is 10.7. The van der Waals surface area contributed by atoms with Crippen LogP contribution in [0, 0.1) is 0 Å². The van der Waals surface area contributed by atoms with Crippen LogP contribution in [-0.2, 0) is 6.42 Å². The highest BCUT2D eigenvalue weighted by Gasteiger charge is 1.93. The standard InChI is InChI=1S/C13H21N/c1-14(2)12-8-4-7-11-13-9-5-3-6-10-13/h3,5-6,9-10H,4,7-8,11-12H2,1-2H3. The molecule has 0 saturated carbocycles. The minimum absolute atomic E-state index is 1.22. The van der Waals surface area contributed by atoms with E-state index in [1.165, 1.54) is 37.8 Å². The van der Waals surface area contributed by atoms with Crippen molar-refractivity contribution in [1.82, 2.24) is 4.90 Å². The molecule has 1 aromatic carbocycles. The van der Waals surface area contributed by atoms with E-state index in [0.717, 1.165) is 0 Å². The molecular weight excluding hydrogens is 170 g/mol. The molecule has 0 amide bonds. The van der Waals surface area contributed by atoms with Gasteiger partial charge in [0, 0.05) is 0 Å². The second kappa shape index (κ2) is 6.61. The highest BCUT2D eigenvalue weighted by Crippen LogP contribution is 2.06. The normalized spacial score (nSPS) is 10.8. The molecule has 14 heavy (non-hydrogen) atoms. The maximum absolute atomic E-state index is 2.25. The van der Waals surface area contributed by atoms with Gasteiger partial charge in [-0.05, 0) is 45.5 Å². The number of aryl methyl sites for hydroxylation is 1. The Morgan fingerprint density at radius 3 is 2.29 bits per heavy atom. The van der Waals surface area contributed by atoms with Crippen LogP contribution in [-0.4, -0.2) is 25.5 Å². The SMILES string of the molecule is CN(C)CCCCCc1ccccc1. The fourth-order valence-corrected chi connectivity index (χ4v) is 1.58. The third-order valence-electron chi connectivity index (χ3n) is 2.41. The van der Waals surface area contributed by atoms with Gasteiger partial charge in [-0.1, -0.05) is 36.8 Å². The van der Waals surface area contributed by atoms with E-state index in [1.54, 1.807) is 0 Å². The molecule has 78 valence electrons. The number of unbranched alkanes of at least 4 members (excludes halogenated alkanes) is 2. The van der Waals surface area contributed by atoms with Crippen molar-refractivity contribution in [3.05, 3.63) is 35.9 Å². The molecule has 1 nitrogen and oxygen atoms in total. The number of hydrogen-bond donors (Lipinski definition) is 0. The van der Waals surface area contributed by atoms with Gasteiger partial charge in [-0.25, -0.2) is 0 Å². The predicted molar refractivity (Wildman–Crippen MR) is 62.6 cm³/mol. The molecule has 0 saturated heterocycles. The van der Waals surface area contributed by atoms with Gasteiger partial charge in [0.25, 0.3) is 0 Å². The van der Waals surface area contributed by atoms with Crippen LogP contribution in [0.3, 0.4) is 0 Å². The summed E-state index contributed by atoms with van der Waals surface area (Å²) >= 11 is 0. The van der Waals surface area contributed by atoms with E-state index in [4.69, 9.17) is 0 Å². The van der Waals surface area contributed by atoms with E-state index in [2.05, 4.69) is 49.3 Å². The Kier molecular flexibility index (Phi) is 5.31. The van der Waals surface area contributed by atoms with Crippen LogP contribution in [0.2, 0.25) is 0 Å². The maximum atomic E-state index is 2.25. The van der Waals surface area contributed by atoms with Gasteiger partial charge in [0.1, 0.15) is 0 Å². The van der Waals surface area contributed by atoms with Crippen molar-refractivity contribution in [3.8, 4) is 0 Å². The van der Waals surface area contributed by atoms with E-state index in [1.807, 2.05) is 0 Å². The fraction of sp³-hybridized carbons (Fsp3) is 0.538. The summed E-state index contributed by atoms with van der Waals surface area (Å²) in [4.78, 5) is 2.25. The molecule has 0 fully saturated rings. The van der Waals surface area contributed by atoms with Crippen LogP contribution in [0.25, 0.3) is 0 Å². The zero-order valence-electron chi connectivity index (χ0n) is 9.37. The summed E-state index contributed by atoms with van der Waals surface area (Å²) < 4.78 is 0. The first-order valence-electron chi connectivity index (χ1n) is 5.47. The summed E-state index contributed by atoms with van der Waals surface area (Å²) in [6.45, 7) is 1.22. The lowest BCUT2D eigenvalue weighted by Gasteiger charge is -2.08. The third-order valence-corrected chi connectivity index (χ3v) is 2.41. The summed E-state index contributed by atoms with van der Waals surface area (Å²) in [5.41, 5.74) is 1.47. The van der Waals surface area contributed by atoms with Crippen molar-refractivity contribution in [2.75, 3.05) is 20.6 Å². The van der Waals surface area contributed by atoms with Crippen molar-refractivity contribution in [2.45, 2.75) is 25.7 Å². The monoisotopic (exact) mass is 191 g/mol. The Hall–Kier alpha value is -0.820. The lowest BCUT2D eigenvalue weighted by Crippen LogP contribution is -2.12. The van der Waals surface area contributed by atoms with Gasteiger partial charge >= 0.3 is 0 Å². The zero-order chi connectivity index (χ0) is 10.2. The smallest absolute Gasteiger partial charge is 0.00248 e. The predicted octanol–water partition coefficient (Wildman–Crippen LogP) is 2.96. The number of hydrogen-bond acceptors (Lipinski definition) is 1. The van der Waals surface area contributed by atoms with Gasteiger partial charge in [-0.3, -0.25) is 0 Å². The Morgan fingerprint density at radius 1 is 0.929 bits per heavy atom. The van der Waals surface area contributed by atoms with Crippen molar-refractivity contribution in [2.24, 2.45) is 0 Å². The minimum Gasteiger partial charge on any atom is -0.309 e. The zero-order valence-corrected chi connectivity index (χ0v) is 9.37. The Bertz CT molecular complexity index is 228. The molecule has 0 bridgehead atoms. The van der Waals surface area contributed by atoms with Crippen LogP contribution in [0.1, 0.15) is 24.8 Å². The molecule has 0 atom stereocenters. The largest absolute Gasteiger partial charge is 0.309 e. The summed E-state index contributed by atoms with van der Waals surface area (Å²) in [5, 5.41) is 0. The van der Waals surface area contributed by atoms with E-state index in [-0.39, 0.29) is 0 Å². The number of nitrogens with zero attached hydrogens (tertiary/aromatic N) is 1. The lowest BCUT2D eigenvalue weighted by atomic mass is 10.1.